The lowest BCUT2D eigenvalue weighted by Gasteiger charge is -2.17. The van der Waals surface area contributed by atoms with Gasteiger partial charge in [0.1, 0.15) is 11.5 Å². The summed E-state index contributed by atoms with van der Waals surface area (Å²) in [6.45, 7) is 11.7. The second-order valence-electron chi connectivity index (χ2n) is 12.3. The van der Waals surface area contributed by atoms with Crippen LogP contribution >= 0.6 is 0 Å². The van der Waals surface area contributed by atoms with Gasteiger partial charge in [-0.05, 0) is 94.3 Å². The average molecular weight is 649 g/mol. The summed E-state index contributed by atoms with van der Waals surface area (Å²) in [7, 11) is 0. The summed E-state index contributed by atoms with van der Waals surface area (Å²) in [5, 5.41) is 23.9. The molecule has 0 spiro atoms. The number of nitrogens with zero attached hydrogens (tertiary/aromatic N) is 2. The first-order valence-electron chi connectivity index (χ1n) is 16.7. The zero-order valence-electron chi connectivity index (χ0n) is 28.5. The molecule has 3 aromatic carbocycles. The van der Waals surface area contributed by atoms with Crippen molar-refractivity contribution in [2.24, 2.45) is 0 Å². The molecule has 3 rings (SSSR count). The van der Waals surface area contributed by atoms with Gasteiger partial charge in [0, 0.05) is 0 Å². The molecule has 0 saturated heterocycles. The van der Waals surface area contributed by atoms with E-state index in [1.807, 2.05) is 20.8 Å². The van der Waals surface area contributed by atoms with Gasteiger partial charge in [-0.2, -0.15) is 0 Å². The third kappa shape index (κ3) is 10.8. The largest absolute Gasteiger partial charge is 0.490 e. The van der Waals surface area contributed by atoms with Gasteiger partial charge in [-0.1, -0.05) is 64.5 Å². The van der Waals surface area contributed by atoms with Crippen molar-refractivity contribution in [1.82, 2.24) is 0 Å². The van der Waals surface area contributed by atoms with Crippen molar-refractivity contribution in [3.05, 3.63) is 85.4 Å². The van der Waals surface area contributed by atoms with Gasteiger partial charge in [-0.3, -0.25) is 20.2 Å². The van der Waals surface area contributed by atoms with Crippen molar-refractivity contribution in [1.29, 1.82) is 0 Å². The fraction of sp³-hybridized carbons (Fsp3) is 0.486. The number of benzene rings is 3. The van der Waals surface area contributed by atoms with Crippen LogP contribution in [0.3, 0.4) is 0 Å². The van der Waals surface area contributed by atoms with Crippen LogP contribution in [0.15, 0.2) is 48.5 Å². The molecule has 10 nitrogen and oxygen atoms in total. The van der Waals surface area contributed by atoms with Crippen LogP contribution in [0.2, 0.25) is 0 Å². The fourth-order valence-corrected chi connectivity index (χ4v) is 5.40. The summed E-state index contributed by atoms with van der Waals surface area (Å²) in [4.78, 5) is 36.0. The monoisotopic (exact) mass is 648 g/mol. The maximum Gasteiger partial charge on any atom is 0.343 e. The van der Waals surface area contributed by atoms with E-state index in [2.05, 4.69) is 13.8 Å². The van der Waals surface area contributed by atoms with Gasteiger partial charge in [0.25, 0.3) is 5.69 Å². The molecule has 0 aliphatic rings. The third-order valence-electron chi connectivity index (χ3n) is 8.16. The molecule has 0 bridgehead atoms. The summed E-state index contributed by atoms with van der Waals surface area (Å²) in [5.41, 5.74) is 2.04. The molecule has 47 heavy (non-hydrogen) atoms. The standard InChI is InChI=1S/C37H48N2O8/c1-7-9-11-13-15-27(5)45-34-23-32(38(41)42)31(21-25(34)3)29-17-19-30(20-18-29)37(40)47-35-24-33(39(43)44)36(22-26(35)4)46-28(6)16-14-12-10-8-2/h17-24,27-28H,7-16H2,1-6H3/t27-,28+/m1/s1. The van der Waals surface area contributed by atoms with Crippen molar-refractivity contribution in [2.75, 3.05) is 0 Å². The Morgan fingerprint density at radius 1 is 0.681 bits per heavy atom. The summed E-state index contributed by atoms with van der Waals surface area (Å²) in [5.74, 6) is -0.0511. The Balaban J connectivity index is 1.76. The van der Waals surface area contributed by atoms with Crippen molar-refractivity contribution in [3.63, 3.8) is 0 Å². The maximum absolute atomic E-state index is 13.1. The van der Waals surface area contributed by atoms with Crippen LogP contribution in [0, 0.1) is 34.1 Å². The van der Waals surface area contributed by atoms with Gasteiger partial charge in [-0.25, -0.2) is 4.79 Å². The molecule has 0 N–H and O–H groups in total. The van der Waals surface area contributed by atoms with Crippen LogP contribution in [0.5, 0.6) is 17.2 Å². The van der Waals surface area contributed by atoms with E-state index in [0.717, 1.165) is 63.4 Å². The molecule has 0 aromatic heterocycles. The van der Waals surface area contributed by atoms with E-state index in [4.69, 9.17) is 14.2 Å². The van der Waals surface area contributed by atoms with Gasteiger partial charge >= 0.3 is 11.7 Å². The summed E-state index contributed by atoms with van der Waals surface area (Å²) in [6, 6.07) is 12.2. The highest BCUT2D eigenvalue weighted by atomic mass is 16.6. The SMILES string of the molecule is CCCCCC[C@@H](C)Oc1cc([N+](=O)[O-])c(-c2ccc(C(=O)Oc3cc([N+](=O)[O-])c(O[C@@H](C)CCCCCC)cc3C)cc2)cc1C. The topological polar surface area (TPSA) is 131 Å². The number of hydrogen-bond donors (Lipinski definition) is 0. The van der Waals surface area contributed by atoms with E-state index in [0.29, 0.717) is 22.4 Å². The van der Waals surface area contributed by atoms with Crippen molar-refractivity contribution in [3.8, 4) is 28.4 Å². The Kier molecular flexibility index (Phi) is 14.2. The number of esters is 1. The average Bonchev–Trinajstić information content (AvgIpc) is 3.03. The zero-order valence-corrected chi connectivity index (χ0v) is 28.5. The van der Waals surface area contributed by atoms with Gasteiger partial charge in [0.05, 0.1) is 45.3 Å². The first-order valence-corrected chi connectivity index (χ1v) is 16.7. The molecule has 254 valence electrons. The van der Waals surface area contributed by atoms with Gasteiger partial charge in [-0.15, -0.1) is 0 Å². The summed E-state index contributed by atoms with van der Waals surface area (Å²) < 4.78 is 17.6. The maximum atomic E-state index is 13.1. The fourth-order valence-electron chi connectivity index (χ4n) is 5.40. The number of nitro groups is 2. The van der Waals surface area contributed by atoms with Crippen molar-refractivity contribution in [2.45, 2.75) is 118 Å². The van der Waals surface area contributed by atoms with Gasteiger partial charge in [0.15, 0.2) is 5.75 Å². The predicted molar refractivity (Wildman–Crippen MR) is 184 cm³/mol. The molecule has 10 heteroatoms. The van der Waals surface area contributed by atoms with E-state index in [-0.39, 0.29) is 40.6 Å². The number of nitro benzene ring substituents is 2. The van der Waals surface area contributed by atoms with E-state index in [1.54, 1.807) is 25.1 Å². The summed E-state index contributed by atoms with van der Waals surface area (Å²) >= 11 is 0. The molecular weight excluding hydrogens is 600 g/mol. The number of ether oxygens (including phenoxy) is 3. The molecule has 0 fully saturated rings. The first kappa shape index (κ1) is 37.0. The number of aryl methyl sites for hydroxylation is 2. The minimum atomic E-state index is -0.714. The first-order chi connectivity index (χ1) is 22.4. The number of unbranched alkanes of at least 4 members (excludes halogenated alkanes) is 6. The normalized spacial score (nSPS) is 12.3. The molecule has 0 aliphatic carbocycles. The molecule has 0 radical (unpaired) electrons. The van der Waals surface area contributed by atoms with Crippen LogP contribution < -0.4 is 14.2 Å². The lowest BCUT2D eigenvalue weighted by molar-refractivity contribution is -0.386. The predicted octanol–water partition coefficient (Wildman–Crippen LogP) is 10.5. The number of carbonyl (C=O) groups excluding carboxylic acids is 1. The number of rotatable bonds is 19. The molecule has 0 aliphatic heterocycles. The highest BCUT2D eigenvalue weighted by Crippen LogP contribution is 2.38. The zero-order chi connectivity index (χ0) is 34.5. The summed E-state index contributed by atoms with van der Waals surface area (Å²) in [6.07, 6.45) is 10.2. The van der Waals surface area contributed by atoms with Crippen molar-refractivity contribution < 1.29 is 28.9 Å². The Labute approximate surface area is 277 Å². The van der Waals surface area contributed by atoms with Crippen LogP contribution in [0.4, 0.5) is 11.4 Å². The lowest BCUT2D eigenvalue weighted by atomic mass is 9.99. The molecule has 0 unspecified atom stereocenters. The minimum Gasteiger partial charge on any atom is -0.490 e. The highest BCUT2D eigenvalue weighted by Gasteiger charge is 2.24. The van der Waals surface area contributed by atoms with E-state index >= 15 is 0 Å². The molecule has 0 heterocycles. The molecule has 3 aromatic rings. The van der Waals surface area contributed by atoms with Crippen LogP contribution in [0.1, 0.15) is 113 Å². The quantitative estimate of drug-likeness (QED) is 0.0412. The Morgan fingerprint density at radius 2 is 1.19 bits per heavy atom. The van der Waals surface area contributed by atoms with Crippen LogP contribution in [-0.4, -0.2) is 28.0 Å². The molecule has 2 atom stereocenters. The highest BCUT2D eigenvalue weighted by molar-refractivity contribution is 5.92. The van der Waals surface area contributed by atoms with Gasteiger partial charge < -0.3 is 14.2 Å². The lowest BCUT2D eigenvalue weighted by Crippen LogP contribution is -2.14. The van der Waals surface area contributed by atoms with Gasteiger partial charge in [0.2, 0.25) is 0 Å². The second kappa shape index (κ2) is 18.0. The van der Waals surface area contributed by atoms with E-state index in [9.17, 15) is 25.0 Å². The smallest absolute Gasteiger partial charge is 0.343 e. The van der Waals surface area contributed by atoms with E-state index < -0.39 is 15.8 Å². The third-order valence-corrected chi connectivity index (χ3v) is 8.16. The Hall–Kier alpha value is -4.47. The van der Waals surface area contributed by atoms with Crippen molar-refractivity contribution >= 4 is 17.3 Å². The molecular formula is C37H48N2O8. The number of carbonyl (C=O) groups is 1. The number of hydrogen-bond acceptors (Lipinski definition) is 8. The molecule has 0 saturated carbocycles. The van der Waals surface area contributed by atoms with Crippen LogP contribution in [-0.2, 0) is 0 Å². The Bertz CT molecular complexity index is 1520. The van der Waals surface area contributed by atoms with Crippen LogP contribution in [0.25, 0.3) is 11.1 Å². The second-order valence-corrected chi connectivity index (χ2v) is 12.3. The molecule has 0 amide bonds. The Morgan fingerprint density at radius 3 is 1.72 bits per heavy atom. The van der Waals surface area contributed by atoms with E-state index in [1.165, 1.54) is 36.8 Å². The minimum absolute atomic E-state index is 0.0511.